The van der Waals surface area contributed by atoms with Gasteiger partial charge in [0.2, 0.25) is 0 Å². The highest BCUT2D eigenvalue weighted by Gasteiger charge is 2.57. The second-order valence-corrected chi connectivity index (χ2v) is 11.0. The van der Waals surface area contributed by atoms with Gasteiger partial charge in [-0.05, 0) is 56.7 Å². The first-order valence-corrected chi connectivity index (χ1v) is 12.7. The number of hydrogen-bond donors (Lipinski definition) is 2. The summed E-state index contributed by atoms with van der Waals surface area (Å²) in [7, 11) is 1.55. The molecule has 0 aromatic heterocycles. The number of alkyl carbamates (subject to hydrolysis) is 1. The van der Waals surface area contributed by atoms with E-state index in [0.717, 1.165) is 5.56 Å². The first-order valence-electron chi connectivity index (χ1n) is 11.8. The smallest absolute Gasteiger partial charge is 0.408 e. The van der Waals surface area contributed by atoms with Crippen LogP contribution in [0.1, 0.15) is 43.1 Å². The quantitative estimate of drug-likeness (QED) is 0.573. The number of fused-ring (bicyclic) bond motifs is 1. The van der Waals surface area contributed by atoms with Crippen molar-refractivity contribution in [3.05, 3.63) is 53.6 Å². The van der Waals surface area contributed by atoms with E-state index in [1.165, 1.54) is 22.7 Å². The number of hydrogen-bond acceptors (Lipinski definition) is 6. The van der Waals surface area contributed by atoms with E-state index in [9.17, 15) is 23.2 Å². The van der Waals surface area contributed by atoms with Crippen LogP contribution in [-0.4, -0.2) is 54.4 Å². The molecule has 1 saturated carbocycles. The van der Waals surface area contributed by atoms with Gasteiger partial charge in [-0.1, -0.05) is 12.1 Å². The first-order chi connectivity index (χ1) is 17.4. The summed E-state index contributed by atoms with van der Waals surface area (Å²) in [5.41, 5.74) is 0.662. The lowest BCUT2D eigenvalue weighted by atomic mass is 10.1. The Morgan fingerprint density at radius 1 is 1.14 bits per heavy atom. The predicted molar refractivity (Wildman–Crippen MR) is 135 cm³/mol. The SMILES string of the molecule is COc1ccc(CN2C(=O)[C@@H](NC(=O)OC(C)(C)C)CSc3ccc(C(=O)N[C@@H]4CC4(F)F)cc32)cc1. The zero-order chi connectivity index (χ0) is 27.0. The summed E-state index contributed by atoms with van der Waals surface area (Å²) in [6, 6.07) is 9.82. The number of nitrogens with zero attached hydrogens (tertiary/aromatic N) is 1. The van der Waals surface area contributed by atoms with Crippen molar-refractivity contribution in [3.63, 3.8) is 0 Å². The molecule has 2 aliphatic rings. The number of carbonyl (C=O) groups is 3. The van der Waals surface area contributed by atoms with Crippen molar-refractivity contribution in [2.45, 2.75) is 62.2 Å². The van der Waals surface area contributed by atoms with Crippen molar-refractivity contribution in [1.82, 2.24) is 10.6 Å². The van der Waals surface area contributed by atoms with Crippen LogP contribution >= 0.6 is 11.8 Å². The highest BCUT2D eigenvalue weighted by Crippen LogP contribution is 2.42. The molecule has 0 radical (unpaired) electrons. The monoisotopic (exact) mass is 533 g/mol. The van der Waals surface area contributed by atoms with Crippen molar-refractivity contribution in [1.29, 1.82) is 0 Å². The van der Waals surface area contributed by atoms with Crippen molar-refractivity contribution in [2.24, 2.45) is 0 Å². The maximum atomic E-state index is 13.7. The molecule has 8 nitrogen and oxygen atoms in total. The molecule has 2 N–H and O–H groups in total. The fraction of sp³-hybridized carbons (Fsp3) is 0.423. The number of thioether (sulfide) groups is 1. The van der Waals surface area contributed by atoms with Gasteiger partial charge in [0.25, 0.3) is 17.7 Å². The molecule has 1 aliphatic heterocycles. The summed E-state index contributed by atoms with van der Waals surface area (Å²) in [5, 5.41) is 5.00. The third kappa shape index (κ3) is 6.51. The Kier molecular flexibility index (Phi) is 7.36. The van der Waals surface area contributed by atoms with Crippen LogP contribution in [0, 0.1) is 0 Å². The molecule has 1 fully saturated rings. The Morgan fingerprint density at radius 3 is 2.41 bits per heavy atom. The maximum Gasteiger partial charge on any atom is 0.408 e. The Morgan fingerprint density at radius 2 is 1.81 bits per heavy atom. The van der Waals surface area contributed by atoms with E-state index in [-0.39, 0.29) is 30.2 Å². The summed E-state index contributed by atoms with van der Waals surface area (Å²) in [6.45, 7) is 5.33. The van der Waals surface area contributed by atoms with Crippen LogP contribution in [0.25, 0.3) is 0 Å². The molecule has 198 valence electrons. The molecule has 0 spiro atoms. The van der Waals surface area contributed by atoms with Crippen LogP contribution in [0.5, 0.6) is 5.75 Å². The fourth-order valence-corrected chi connectivity index (χ4v) is 4.84. The standard InChI is InChI=1S/C26H29F2N3O5S/c1-25(2,3)36-24(34)29-18-14-37-20-10-7-16(22(32)30-21-12-26(21,27)28)11-19(20)31(23(18)33)13-15-5-8-17(35-4)9-6-15/h5-11,18,21H,12-14H2,1-4H3,(H,29,34)(H,30,32)/t18-,21+/m0/s1. The molecule has 0 saturated heterocycles. The second-order valence-electron chi connectivity index (χ2n) is 9.96. The van der Waals surface area contributed by atoms with Crippen LogP contribution in [0.15, 0.2) is 47.4 Å². The number of nitrogens with one attached hydrogen (secondary N) is 2. The van der Waals surface area contributed by atoms with E-state index in [4.69, 9.17) is 9.47 Å². The van der Waals surface area contributed by atoms with Crippen molar-refractivity contribution >= 4 is 35.4 Å². The first kappa shape index (κ1) is 26.7. The number of rotatable bonds is 6. The minimum absolute atomic E-state index is 0.147. The highest BCUT2D eigenvalue weighted by atomic mass is 32.2. The lowest BCUT2D eigenvalue weighted by Gasteiger charge is -2.27. The third-order valence-electron chi connectivity index (χ3n) is 5.80. The number of ether oxygens (including phenoxy) is 2. The molecule has 37 heavy (non-hydrogen) atoms. The molecular formula is C26H29F2N3O5S. The number of benzene rings is 2. The molecule has 11 heteroatoms. The second kappa shape index (κ2) is 10.2. The zero-order valence-electron chi connectivity index (χ0n) is 21.0. The fourth-order valence-electron chi connectivity index (χ4n) is 3.78. The summed E-state index contributed by atoms with van der Waals surface area (Å²) < 4.78 is 37.2. The Bertz CT molecular complexity index is 1200. The van der Waals surface area contributed by atoms with Gasteiger partial charge in [0.05, 0.1) is 25.4 Å². The summed E-state index contributed by atoms with van der Waals surface area (Å²) in [5.74, 6) is -3.03. The number of alkyl halides is 2. The van der Waals surface area contributed by atoms with Gasteiger partial charge in [-0.15, -0.1) is 11.8 Å². The van der Waals surface area contributed by atoms with Gasteiger partial charge in [-0.2, -0.15) is 0 Å². The van der Waals surface area contributed by atoms with E-state index >= 15 is 0 Å². The maximum absolute atomic E-state index is 13.7. The largest absolute Gasteiger partial charge is 0.497 e. The van der Waals surface area contributed by atoms with Gasteiger partial charge in [0.15, 0.2) is 0 Å². The lowest BCUT2D eigenvalue weighted by Crippen LogP contribution is -2.50. The van der Waals surface area contributed by atoms with Gasteiger partial charge < -0.3 is 25.0 Å². The van der Waals surface area contributed by atoms with Gasteiger partial charge >= 0.3 is 6.09 Å². The molecule has 2 aromatic carbocycles. The number of methoxy groups -OCH3 is 1. The van der Waals surface area contributed by atoms with Gasteiger partial charge in [-0.3, -0.25) is 9.59 Å². The summed E-state index contributed by atoms with van der Waals surface area (Å²) >= 11 is 1.34. The molecule has 3 amide bonds. The van der Waals surface area contributed by atoms with Crippen LogP contribution in [-0.2, 0) is 16.1 Å². The molecule has 0 bridgehead atoms. The Labute approximate surface area is 218 Å². The lowest BCUT2D eigenvalue weighted by molar-refractivity contribution is -0.120. The Balaban J connectivity index is 1.63. The minimum Gasteiger partial charge on any atom is -0.497 e. The average molecular weight is 534 g/mol. The number of carbonyl (C=O) groups excluding carboxylic acids is 3. The van der Waals surface area contributed by atoms with Crippen LogP contribution < -0.4 is 20.3 Å². The van der Waals surface area contributed by atoms with Crippen LogP contribution in [0.3, 0.4) is 0 Å². The van der Waals surface area contributed by atoms with Gasteiger partial charge in [0.1, 0.15) is 17.4 Å². The van der Waals surface area contributed by atoms with E-state index in [1.54, 1.807) is 52.1 Å². The molecule has 2 aromatic rings. The molecule has 1 aliphatic carbocycles. The van der Waals surface area contributed by atoms with Crippen molar-refractivity contribution in [3.8, 4) is 5.75 Å². The van der Waals surface area contributed by atoms with Crippen LogP contribution in [0.2, 0.25) is 0 Å². The molecule has 2 atom stereocenters. The van der Waals surface area contributed by atoms with E-state index in [2.05, 4.69) is 10.6 Å². The summed E-state index contributed by atoms with van der Waals surface area (Å²) in [6.07, 6.45) is -1.10. The number of halogens is 2. The van der Waals surface area contributed by atoms with Crippen molar-refractivity contribution in [2.75, 3.05) is 17.8 Å². The Hall–Kier alpha value is -3.34. The predicted octanol–water partition coefficient (Wildman–Crippen LogP) is 4.36. The van der Waals surface area contributed by atoms with E-state index in [0.29, 0.717) is 16.3 Å². The molecule has 0 unspecified atom stereocenters. The number of amides is 3. The number of anilines is 1. The minimum atomic E-state index is -2.89. The molecule has 4 rings (SSSR count). The highest BCUT2D eigenvalue weighted by molar-refractivity contribution is 7.99. The van der Waals surface area contributed by atoms with E-state index in [1.807, 2.05) is 12.1 Å². The average Bonchev–Trinajstić information content (AvgIpc) is 3.46. The van der Waals surface area contributed by atoms with Crippen molar-refractivity contribution < 1.29 is 32.6 Å². The zero-order valence-corrected chi connectivity index (χ0v) is 21.8. The topological polar surface area (TPSA) is 97.0 Å². The van der Waals surface area contributed by atoms with Gasteiger partial charge in [-0.25, -0.2) is 13.6 Å². The normalized spacial score (nSPS) is 20.4. The summed E-state index contributed by atoms with van der Waals surface area (Å²) in [4.78, 5) is 41.0. The third-order valence-corrected chi connectivity index (χ3v) is 6.96. The van der Waals surface area contributed by atoms with Crippen LogP contribution in [0.4, 0.5) is 19.3 Å². The molecular weight excluding hydrogens is 504 g/mol. The van der Waals surface area contributed by atoms with Gasteiger partial charge in [0, 0.05) is 22.6 Å². The van der Waals surface area contributed by atoms with E-state index < -0.39 is 35.6 Å². The molecule has 1 heterocycles.